The fourth-order valence-electron chi connectivity index (χ4n) is 1.59. The third-order valence-corrected chi connectivity index (χ3v) is 2.47. The van der Waals surface area contributed by atoms with Gasteiger partial charge in [-0.3, -0.25) is 4.57 Å². The van der Waals surface area contributed by atoms with Gasteiger partial charge >= 0.3 is 0 Å². The topological polar surface area (TPSA) is 55.6 Å². The summed E-state index contributed by atoms with van der Waals surface area (Å²) in [6.45, 7) is 4.04. The largest absolute Gasteiger partial charge is 0.373 e. The lowest BCUT2D eigenvalue weighted by molar-refractivity contribution is 0.876. The van der Waals surface area contributed by atoms with Crippen LogP contribution in [-0.2, 0) is 6.42 Å². The Kier molecular flexibility index (Phi) is 2.85. The van der Waals surface area contributed by atoms with Crippen LogP contribution in [0.2, 0.25) is 0 Å². The van der Waals surface area contributed by atoms with Gasteiger partial charge in [-0.2, -0.15) is 0 Å². The highest BCUT2D eigenvalue weighted by atomic mass is 15.1. The monoisotopic (exact) mass is 217 g/mol. The van der Waals surface area contributed by atoms with E-state index in [9.17, 15) is 0 Å². The molecule has 5 heteroatoms. The van der Waals surface area contributed by atoms with Gasteiger partial charge in [-0.1, -0.05) is 6.92 Å². The third-order valence-electron chi connectivity index (χ3n) is 2.47. The number of aryl methyl sites for hydroxylation is 1. The van der Waals surface area contributed by atoms with Crippen LogP contribution in [0.3, 0.4) is 0 Å². The highest BCUT2D eigenvalue weighted by Gasteiger charge is 2.10. The molecule has 0 aliphatic rings. The van der Waals surface area contributed by atoms with Crippen molar-refractivity contribution < 1.29 is 0 Å². The van der Waals surface area contributed by atoms with Gasteiger partial charge in [0.05, 0.1) is 0 Å². The molecule has 2 aromatic heterocycles. The molecular formula is C11H15N5. The summed E-state index contributed by atoms with van der Waals surface area (Å²) >= 11 is 0. The molecule has 2 aromatic rings. The number of imidazole rings is 1. The van der Waals surface area contributed by atoms with E-state index in [-0.39, 0.29) is 0 Å². The Hall–Kier alpha value is -1.91. The van der Waals surface area contributed by atoms with Crippen molar-refractivity contribution in [2.75, 3.05) is 12.4 Å². The Bertz CT molecular complexity index is 475. The molecule has 0 radical (unpaired) electrons. The van der Waals surface area contributed by atoms with Gasteiger partial charge in [0.25, 0.3) is 0 Å². The maximum atomic E-state index is 4.51. The molecule has 0 saturated heterocycles. The Morgan fingerprint density at radius 3 is 2.75 bits per heavy atom. The number of hydrogen-bond acceptors (Lipinski definition) is 4. The minimum atomic E-state index is 0.816. The standard InChI is InChI=1S/C11H15N5/c1-4-9-14-10(12-3)8(2)11(15-9)16-6-5-13-7-16/h5-7H,4H2,1-3H3,(H,12,14,15). The summed E-state index contributed by atoms with van der Waals surface area (Å²) in [6.07, 6.45) is 6.19. The lowest BCUT2D eigenvalue weighted by Gasteiger charge is -2.11. The highest BCUT2D eigenvalue weighted by molar-refractivity contribution is 5.51. The minimum absolute atomic E-state index is 0.816. The van der Waals surface area contributed by atoms with Gasteiger partial charge in [0.15, 0.2) is 0 Å². The van der Waals surface area contributed by atoms with Crippen molar-refractivity contribution in [2.45, 2.75) is 20.3 Å². The minimum Gasteiger partial charge on any atom is -0.373 e. The molecule has 0 aliphatic carbocycles. The third kappa shape index (κ3) is 1.76. The van der Waals surface area contributed by atoms with Crippen molar-refractivity contribution in [3.05, 3.63) is 30.1 Å². The number of aromatic nitrogens is 4. The summed E-state index contributed by atoms with van der Waals surface area (Å²) in [5.74, 6) is 2.59. The van der Waals surface area contributed by atoms with Crippen LogP contribution in [0, 0.1) is 6.92 Å². The van der Waals surface area contributed by atoms with Gasteiger partial charge < -0.3 is 5.32 Å². The second-order valence-corrected chi connectivity index (χ2v) is 3.51. The second-order valence-electron chi connectivity index (χ2n) is 3.51. The first kappa shape index (κ1) is 10.6. The molecule has 0 aliphatic heterocycles. The molecule has 84 valence electrons. The maximum Gasteiger partial charge on any atom is 0.146 e. The van der Waals surface area contributed by atoms with E-state index in [1.165, 1.54) is 0 Å². The van der Waals surface area contributed by atoms with Gasteiger partial charge in [0.1, 0.15) is 23.8 Å². The first-order chi connectivity index (χ1) is 7.76. The van der Waals surface area contributed by atoms with Gasteiger partial charge in [0, 0.05) is 31.4 Å². The molecule has 0 fully saturated rings. The molecule has 0 amide bonds. The predicted octanol–water partition coefficient (Wildman–Crippen LogP) is 1.57. The number of nitrogens with zero attached hydrogens (tertiary/aromatic N) is 4. The molecule has 2 heterocycles. The van der Waals surface area contributed by atoms with E-state index in [2.05, 4.69) is 20.3 Å². The first-order valence-corrected chi connectivity index (χ1v) is 5.29. The number of rotatable bonds is 3. The molecule has 16 heavy (non-hydrogen) atoms. The van der Waals surface area contributed by atoms with Gasteiger partial charge in [-0.15, -0.1) is 0 Å². The SMILES string of the molecule is CCc1nc(NC)c(C)c(-n2ccnc2)n1. The fraction of sp³-hybridized carbons (Fsp3) is 0.364. The molecule has 0 aromatic carbocycles. The predicted molar refractivity (Wildman–Crippen MR) is 62.8 cm³/mol. The van der Waals surface area contributed by atoms with E-state index in [0.717, 1.165) is 29.4 Å². The molecule has 0 unspecified atom stereocenters. The van der Waals surface area contributed by atoms with Crippen LogP contribution in [0.5, 0.6) is 0 Å². The van der Waals surface area contributed by atoms with Crippen LogP contribution in [0.15, 0.2) is 18.7 Å². The van der Waals surface area contributed by atoms with Crippen LogP contribution >= 0.6 is 0 Å². The van der Waals surface area contributed by atoms with Crippen LogP contribution in [0.1, 0.15) is 18.3 Å². The first-order valence-electron chi connectivity index (χ1n) is 5.29. The van der Waals surface area contributed by atoms with Gasteiger partial charge in [0.2, 0.25) is 0 Å². The summed E-state index contributed by atoms with van der Waals surface area (Å²) in [4.78, 5) is 13.0. The zero-order valence-corrected chi connectivity index (χ0v) is 9.73. The quantitative estimate of drug-likeness (QED) is 0.848. The van der Waals surface area contributed by atoms with E-state index >= 15 is 0 Å². The van der Waals surface area contributed by atoms with Crippen molar-refractivity contribution in [1.82, 2.24) is 19.5 Å². The van der Waals surface area contributed by atoms with Crippen LogP contribution in [0.25, 0.3) is 5.82 Å². The molecule has 1 N–H and O–H groups in total. The smallest absolute Gasteiger partial charge is 0.146 e. The molecule has 0 atom stereocenters. The Balaban J connectivity index is 2.59. The van der Waals surface area contributed by atoms with Crippen molar-refractivity contribution in [1.29, 1.82) is 0 Å². The molecule has 0 bridgehead atoms. The maximum absolute atomic E-state index is 4.51. The van der Waals surface area contributed by atoms with Crippen LogP contribution < -0.4 is 5.32 Å². The molecule has 0 spiro atoms. The summed E-state index contributed by atoms with van der Waals surface area (Å²) in [5.41, 5.74) is 1.03. The molecule has 0 saturated carbocycles. The lowest BCUT2D eigenvalue weighted by Crippen LogP contribution is -2.08. The second kappa shape index (κ2) is 4.30. The zero-order valence-electron chi connectivity index (χ0n) is 9.73. The van der Waals surface area contributed by atoms with Crippen molar-refractivity contribution in [3.8, 4) is 5.82 Å². The fourth-order valence-corrected chi connectivity index (χ4v) is 1.59. The summed E-state index contributed by atoms with van der Waals surface area (Å²) in [6, 6.07) is 0. The average molecular weight is 217 g/mol. The van der Waals surface area contributed by atoms with Crippen molar-refractivity contribution >= 4 is 5.82 Å². The molecule has 5 nitrogen and oxygen atoms in total. The van der Waals surface area contributed by atoms with Crippen LogP contribution in [-0.4, -0.2) is 26.6 Å². The number of nitrogens with one attached hydrogen (secondary N) is 1. The average Bonchev–Trinajstić information content (AvgIpc) is 2.83. The van der Waals surface area contributed by atoms with Crippen molar-refractivity contribution in [2.24, 2.45) is 0 Å². The molecule has 2 rings (SSSR count). The van der Waals surface area contributed by atoms with Crippen molar-refractivity contribution in [3.63, 3.8) is 0 Å². The Morgan fingerprint density at radius 1 is 1.38 bits per heavy atom. The summed E-state index contributed by atoms with van der Waals surface area (Å²) < 4.78 is 1.90. The number of anilines is 1. The van der Waals surface area contributed by atoms with E-state index in [1.807, 2.05) is 31.7 Å². The van der Waals surface area contributed by atoms with E-state index in [4.69, 9.17) is 0 Å². The summed E-state index contributed by atoms with van der Waals surface area (Å²) in [7, 11) is 1.87. The Morgan fingerprint density at radius 2 is 2.19 bits per heavy atom. The highest BCUT2D eigenvalue weighted by Crippen LogP contribution is 2.18. The lowest BCUT2D eigenvalue weighted by atomic mass is 10.3. The molecular weight excluding hydrogens is 202 g/mol. The van der Waals surface area contributed by atoms with Gasteiger partial charge in [-0.25, -0.2) is 15.0 Å². The normalized spacial score (nSPS) is 10.4. The zero-order chi connectivity index (χ0) is 11.5. The van der Waals surface area contributed by atoms with Crippen LogP contribution in [0.4, 0.5) is 5.82 Å². The number of hydrogen-bond donors (Lipinski definition) is 1. The van der Waals surface area contributed by atoms with E-state index < -0.39 is 0 Å². The Labute approximate surface area is 94.6 Å². The summed E-state index contributed by atoms with van der Waals surface area (Å²) in [5, 5.41) is 3.09. The van der Waals surface area contributed by atoms with E-state index in [0.29, 0.717) is 0 Å². The van der Waals surface area contributed by atoms with Gasteiger partial charge in [-0.05, 0) is 6.92 Å². The van der Waals surface area contributed by atoms with E-state index in [1.54, 1.807) is 12.5 Å².